The maximum atomic E-state index is 12.6. The summed E-state index contributed by atoms with van der Waals surface area (Å²) in [5.41, 5.74) is 0. The molecule has 2 N–H and O–H groups in total. The van der Waals surface area contributed by atoms with Crippen molar-refractivity contribution in [2.45, 2.75) is 44.0 Å². The van der Waals surface area contributed by atoms with Crippen molar-refractivity contribution in [2.24, 2.45) is 11.8 Å². The molecule has 0 bridgehead atoms. The lowest BCUT2D eigenvalue weighted by Gasteiger charge is -2.35. The van der Waals surface area contributed by atoms with Crippen LogP contribution in [0.1, 0.15) is 33.1 Å². The molecule has 0 aromatic rings. The Morgan fingerprint density at radius 2 is 1.96 bits per heavy atom. The standard InChI is InChI=1S/C15H28N2O4S.ClH/c1-11(2)13-12(4-9-21-13)10-17-14(18)15(22(3,19)20)5-7-16-8-6-15;/h11-13,16H,4-10H2,1-3H3,(H,17,18);1H. The van der Waals surface area contributed by atoms with Crippen LogP contribution in [0.4, 0.5) is 0 Å². The molecule has 0 aliphatic carbocycles. The third-order valence-corrected chi connectivity index (χ3v) is 6.99. The van der Waals surface area contributed by atoms with Gasteiger partial charge in [0.25, 0.3) is 0 Å². The molecule has 1 amide bonds. The maximum Gasteiger partial charge on any atom is 0.241 e. The van der Waals surface area contributed by atoms with E-state index in [1.165, 1.54) is 6.26 Å². The Kier molecular flexibility index (Phi) is 7.32. The molecule has 2 fully saturated rings. The number of amides is 1. The van der Waals surface area contributed by atoms with E-state index in [9.17, 15) is 13.2 Å². The molecule has 136 valence electrons. The Morgan fingerprint density at radius 3 is 2.48 bits per heavy atom. The van der Waals surface area contributed by atoms with Crippen LogP contribution in [0.25, 0.3) is 0 Å². The van der Waals surface area contributed by atoms with Gasteiger partial charge in [0.05, 0.1) is 6.10 Å². The fourth-order valence-electron chi connectivity index (χ4n) is 3.59. The van der Waals surface area contributed by atoms with E-state index in [-0.39, 0.29) is 30.3 Å². The fourth-order valence-corrected chi connectivity index (χ4v) is 4.95. The first-order valence-electron chi connectivity index (χ1n) is 8.08. The van der Waals surface area contributed by atoms with Gasteiger partial charge in [-0.25, -0.2) is 8.42 Å². The first-order valence-corrected chi connectivity index (χ1v) is 9.97. The molecule has 0 radical (unpaired) electrons. The second-order valence-electron chi connectivity index (χ2n) is 6.85. The average molecular weight is 369 g/mol. The highest BCUT2D eigenvalue weighted by Crippen LogP contribution is 2.29. The van der Waals surface area contributed by atoms with Gasteiger partial charge >= 0.3 is 0 Å². The lowest BCUT2D eigenvalue weighted by molar-refractivity contribution is -0.124. The zero-order valence-electron chi connectivity index (χ0n) is 14.1. The lowest BCUT2D eigenvalue weighted by Crippen LogP contribution is -2.58. The Balaban J connectivity index is 0.00000264. The van der Waals surface area contributed by atoms with Gasteiger partial charge in [0.15, 0.2) is 14.6 Å². The van der Waals surface area contributed by atoms with Crippen molar-refractivity contribution in [1.29, 1.82) is 0 Å². The topological polar surface area (TPSA) is 84.5 Å². The van der Waals surface area contributed by atoms with Gasteiger partial charge in [-0.15, -0.1) is 12.4 Å². The third kappa shape index (κ3) is 4.38. The zero-order chi connectivity index (χ0) is 16.4. The molecule has 2 rings (SSSR count). The van der Waals surface area contributed by atoms with Crippen molar-refractivity contribution in [1.82, 2.24) is 10.6 Å². The van der Waals surface area contributed by atoms with E-state index in [2.05, 4.69) is 24.5 Å². The molecule has 2 aliphatic rings. The fraction of sp³-hybridized carbons (Fsp3) is 0.933. The minimum Gasteiger partial charge on any atom is -0.378 e. The number of piperidine rings is 1. The van der Waals surface area contributed by atoms with Crippen molar-refractivity contribution >= 4 is 28.2 Å². The number of ether oxygens (including phenoxy) is 1. The van der Waals surface area contributed by atoms with Gasteiger partial charge in [-0.05, 0) is 38.3 Å². The predicted octanol–water partition coefficient (Wildman–Crippen LogP) is 0.752. The summed E-state index contributed by atoms with van der Waals surface area (Å²) >= 11 is 0. The summed E-state index contributed by atoms with van der Waals surface area (Å²) < 4.78 is 28.9. The van der Waals surface area contributed by atoms with Crippen LogP contribution in [-0.2, 0) is 19.4 Å². The second kappa shape index (κ2) is 8.14. The molecule has 2 unspecified atom stereocenters. The highest BCUT2D eigenvalue weighted by Gasteiger charge is 2.48. The SMILES string of the molecule is CC(C)C1OCCC1CNC(=O)C1(S(C)(=O)=O)CCNCC1.Cl. The van der Waals surface area contributed by atoms with Gasteiger partial charge < -0.3 is 15.4 Å². The summed E-state index contributed by atoms with van der Waals surface area (Å²) in [7, 11) is -3.45. The summed E-state index contributed by atoms with van der Waals surface area (Å²) in [6, 6.07) is 0. The van der Waals surface area contributed by atoms with E-state index in [0.29, 0.717) is 45.0 Å². The van der Waals surface area contributed by atoms with Gasteiger partial charge in [0.1, 0.15) is 0 Å². The van der Waals surface area contributed by atoms with Gasteiger partial charge in [0.2, 0.25) is 5.91 Å². The molecule has 0 aromatic carbocycles. The molecule has 2 aliphatic heterocycles. The van der Waals surface area contributed by atoms with Crippen LogP contribution < -0.4 is 10.6 Å². The third-order valence-electron chi connectivity index (χ3n) is 4.98. The normalized spacial score (nSPS) is 27.5. The monoisotopic (exact) mass is 368 g/mol. The molecular formula is C15H29ClN2O4S. The molecule has 2 heterocycles. The molecule has 0 aromatic heterocycles. The quantitative estimate of drug-likeness (QED) is 0.748. The van der Waals surface area contributed by atoms with E-state index in [1.54, 1.807) is 0 Å². The summed E-state index contributed by atoms with van der Waals surface area (Å²) in [5, 5.41) is 6.02. The summed E-state index contributed by atoms with van der Waals surface area (Å²) in [4.78, 5) is 12.6. The van der Waals surface area contributed by atoms with Crippen molar-refractivity contribution in [2.75, 3.05) is 32.5 Å². The number of nitrogens with one attached hydrogen (secondary N) is 2. The zero-order valence-corrected chi connectivity index (χ0v) is 15.8. The van der Waals surface area contributed by atoms with Gasteiger partial charge in [-0.2, -0.15) is 0 Å². The van der Waals surface area contributed by atoms with E-state index in [1.807, 2.05) is 0 Å². The van der Waals surface area contributed by atoms with Crippen LogP contribution in [-0.4, -0.2) is 57.7 Å². The van der Waals surface area contributed by atoms with Gasteiger partial charge in [-0.1, -0.05) is 13.8 Å². The van der Waals surface area contributed by atoms with Crippen LogP contribution in [0.15, 0.2) is 0 Å². The number of halogens is 1. The smallest absolute Gasteiger partial charge is 0.241 e. The van der Waals surface area contributed by atoms with Crippen LogP contribution >= 0.6 is 12.4 Å². The lowest BCUT2D eigenvalue weighted by atomic mass is 9.92. The van der Waals surface area contributed by atoms with Gasteiger partial charge in [-0.3, -0.25) is 4.79 Å². The minimum atomic E-state index is -3.45. The van der Waals surface area contributed by atoms with Crippen molar-refractivity contribution < 1.29 is 17.9 Å². The number of hydrogen-bond acceptors (Lipinski definition) is 5. The van der Waals surface area contributed by atoms with Crippen LogP contribution in [0.3, 0.4) is 0 Å². The number of carbonyl (C=O) groups is 1. The van der Waals surface area contributed by atoms with Crippen molar-refractivity contribution in [3.8, 4) is 0 Å². The molecule has 23 heavy (non-hydrogen) atoms. The molecule has 0 spiro atoms. The van der Waals surface area contributed by atoms with Crippen molar-refractivity contribution in [3.63, 3.8) is 0 Å². The van der Waals surface area contributed by atoms with E-state index in [4.69, 9.17) is 4.74 Å². The molecule has 2 saturated heterocycles. The second-order valence-corrected chi connectivity index (χ2v) is 9.18. The molecular weight excluding hydrogens is 340 g/mol. The largest absolute Gasteiger partial charge is 0.378 e. The first kappa shape index (κ1) is 20.7. The first-order chi connectivity index (χ1) is 10.3. The summed E-state index contributed by atoms with van der Waals surface area (Å²) in [6.45, 7) is 6.53. The average Bonchev–Trinajstić information content (AvgIpc) is 2.93. The summed E-state index contributed by atoms with van der Waals surface area (Å²) in [5.74, 6) is 0.320. The predicted molar refractivity (Wildman–Crippen MR) is 92.6 cm³/mol. The Morgan fingerprint density at radius 1 is 1.35 bits per heavy atom. The Hall–Kier alpha value is -0.370. The maximum absolute atomic E-state index is 12.6. The number of hydrogen-bond donors (Lipinski definition) is 2. The van der Waals surface area contributed by atoms with E-state index >= 15 is 0 Å². The molecule has 8 heteroatoms. The van der Waals surface area contributed by atoms with Crippen LogP contribution in [0.2, 0.25) is 0 Å². The Bertz CT molecular complexity index is 504. The van der Waals surface area contributed by atoms with E-state index in [0.717, 1.165) is 6.42 Å². The summed E-state index contributed by atoms with van der Waals surface area (Å²) in [6.07, 6.45) is 2.91. The molecule has 0 saturated carbocycles. The molecule has 2 atom stereocenters. The highest BCUT2D eigenvalue weighted by atomic mass is 35.5. The number of sulfone groups is 1. The molecule has 6 nitrogen and oxygen atoms in total. The van der Waals surface area contributed by atoms with Crippen LogP contribution in [0, 0.1) is 11.8 Å². The Labute approximate surface area is 145 Å². The van der Waals surface area contributed by atoms with Crippen LogP contribution in [0.5, 0.6) is 0 Å². The number of rotatable bonds is 5. The van der Waals surface area contributed by atoms with Gasteiger partial charge in [0, 0.05) is 25.3 Å². The number of carbonyl (C=O) groups excluding carboxylic acids is 1. The highest BCUT2D eigenvalue weighted by molar-refractivity contribution is 7.92. The van der Waals surface area contributed by atoms with Crippen molar-refractivity contribution in [3.05, 3.63) is 0 Å². The van der Waals surface area contributed by atoms with E-state index < -0.39 is 14.6 Å². The minimum absolute atomic E-state index is 0.